The number of pyridine rings is 1. The molecule has 0 saturated heterocycles. The lowest BCUT2D eigenvalue weighted by Crippen LogP contribution is -1.98. The van der Waals surface area contributed by atoms with Crippen molar-refractivity contribution in [1.29, 1.82) is 0 Å². The van der Waals surface area contributed by atoms with Crippen molar-refractivity contribution in [3.63, 3.8) is 0 Å². The second kappa shape index (κ2) is 9.53. The van der Waals surface area contributed by atoms with Crippen molar-refractivity contribution in [1.82, 2.24) is 9.97 Å². The molecule has 0 fully saturated rings. The lowest BCUT2D eigenvalue weighted by Gasteiger charge is -2.16. The summed E-state index contributed by atoms with van der Waals surface area (Å²) >= 11 is 0. The van der Waals surface area contributed by atoms with Crippen molar-refractivity contribution >= 4 is 30.5 Å². The summed E-state index contributed by atoms with van der Waals surface area (Å²) < 4.78 is 28.8. The van der Waals surface area contributed by atoms with Gasteiger partial charge in [0.1, 0.15) is 11.4 Å². The molecule has 0 aliphatic rings. The number of hydrogen-bond donors (Lipinski definition) is 2. The van der Waals surface area contributed by atoms with Crippen LogP contribution in [-0.4, -0.2) is 34.5 Å². The van der Waals surface area contributed by atoms with E-state index in [0.29, 0.717) is 35.9 Å². The Hall–Kier alpha value is -3.19. The maximum Gasteiger partial charge on any atom is 0.335 e. The summed E-state index contributed by atoms with van der Waals surface area (Å²) in [5.74, 6) is 0.675. The number of H-pyrrole nitrogens is 1. The van der Waals surface area contributed by atoms with Crippen LogP contribution in [-0.2, 0) is 19.8 Å². The lowest BCUT2D eigenvalue weighted by atomic mass is 10.1. The van der Waals surface area contributed by atoms with Gasteiger partial charge in [-0.1, -0.05) is 12.1 Å². The van der Waals surface area contributed by atoms with Gasteiger partial charge in [0.15, 0.2) is 5.88 Å². The summed E-state index contributed by atoms with van der Waals surface area (Å²) in [6.45, 7) is 4.22. The number of aromatic nitrogens is 2. The van der Waals surface area contributed by atoms with Crippen LogP contribution in [0, 0.1) is 0 Å². The molecule has 0 amide bonds. The first-order valence-corrected chi connectivity index (χ1v) is 12.0. The van der Waals surface area contributed by atoms with Gasteiger partial charge in [-0.25, -0.2) is 4.98 Å². The van der Waals surface area contributed by atoms with Crippen molar-refractivity contribution in [3.05, 3.63) is 66.1 Å². The van der Waals surface area contributed by atoms with Crippen molar-refractivity contribution in [3.8, 4) is 17.2 Å². The third-order valence-corrected chi connectivity index (χ3v) is 6.84. The summed E-state index contributed by atoms with van der Waals surface area (Å²) in [6, 6.07) is 12.8. The minimum atomic E-state index is -3.16. The average molecular weight is 453 g/mol. The molecule has 0 saturated carbocycles. The van der Waals surface area contributed by atoms with Crippen molar-refractivity contribution < 1.29 is 23.1 Å². The standard InChI is InChI=1S/C23H24N3O5P/c1-3-30-32(28,31-4-2)15-16-7-9-18(10-8-16)24-14-20-19-12-17(21-6-5-11-29-21)13-25-22(19)26-23(20)27/h5-14,27H,3-4,15H2,1-2H3,(H,25,26). The molecule has 0 aliphatic heterocycles. The summed E-state index contributed by atoms with van der Waals surface area (Å²) in [6.07, 6.45) is 5.06. The number of nitrogens with one attached hydrogen (secondary N) is 1. The Labute approximate surface area is 185 Å². The van der Waals surface area contributed by atoms with Gasteiger partial charge in [-0.05, 0) is 49.7 Å². The second-order valence-corrected chi connectivity index (χ2v) is 9.07. The van der Waals surface area contributed by atoms with Gasteiger partial charge in [0.05, 0.1) is 36.9 Å². The zero-order valence-electron chi connectivity index (χ0n) is 17.8. The van der Waals surface area contributed by atoms with Crippen LogP contribution in [0.1, 0.15) is 25.0 Å². The maximum atomic E-state index is 12.7. The van der Waals surface area contributed by atoms with E-state index in [1.54, 1.807) is 32.5 Å². The molecule has 8 nitrogen and oxygen atoms in total. The average Bonchev–Trinajstić information content (AvgIpc) is 3.41. The number of furan rings is 1. The Morgan fingerprint density at radius 2 is 1.94 bits per heavy atom. The van der Waals surface area contributed by atoms with E-state index in [9.17, 15) is 9.67 Å². The summed E-state index contributed by atoms with van der Waals surface area (Å²) in [5, 5.41) is 11.1. The van der Waals surface area contributed by atoms with Crippen molar-refractivity contribution in [2.24, 2.45) is 4.99 Å². The molecular weight excluding hydrogens is 429 g/mol. The Morgan fingerprint density at radius 1 is 1.19 bits per heavy atom. The van der Waals surface area contributed by atoms with E-state index in [2.05, 4.69) is 15.0 Å². The molecule has 4 rings (SSSR count). The number of nitrogens with zero attached hydrogens (tertiary/aromatic N) is 2. The molecule has 32 heavy (non-hydrogen) atoms. The molecule has 9 heteroatoms. The summed E-state index contributed by atoms with van der Waals surface area (Å²) in [5.41, 5.74) is 3.39. The van der Waals surface area contributed by atoms with Crippen LogP contribution in [0.3, 0.4) is 0 Å². The zero-order chi connectivity index (χ0) is 22.6. The van der Waals surface area contributed by atoms with E-state index in [1.807, 2.05) is 42.5 Å². The molecule has 3 aromatic heterocycles. The molecule has 4 aromatic rings. The van der Waals surface area contributed by atoms with Gasteiger partial charge in [-0.2, -0.15) is 0 Å². The van der Waals surface area contributed by atoms with Gasteiger partial charge in [-0.3, -0.25) is 9.56 Å². The fraction of sp³-hybridized carbons (Fsp3) is 0.217. The molecule has 0 bridgehead atoms. The highest BCUT2D eigenvalue weighted by atomic mass is 31.2. The van der Waals surface area contributed by atoms with Gasteiger partial charge in [0, 0.05) is 23.4 Å². The Morgan fingerprint density at radius 3 is 2.59 bits per heavy atom. The number of aromatic amines is 1. The minimum Gasteiger partial charge on any atom is -0.494 e. The molecule has 3 heterocycles. The van der Waals surface area contributed by atoms with Gasteiger partial charge < -0.3 is 23.6 Å². The minimum absolute atomic E-state index is 0.0150. The van der Waals surface area contributed by atoms with Gasteiger partial charge in [-0.15, -0.1) is 0 Å². The molecule has 0 atom stereocenters. The van der Waals surface area contributed by atoms with Crippen LogP contribution in [0.5, 0.6) is 5.88 Å². The summed E-state index contributed by atoms with van der Waals surface area (Å²) in [7, 11) is -3.16. The monoisotopic (exact) mass is 453 g/mol. The lowest BCUT2D eigenvalue weighted by molar-refractivity contribution is 0.219. The predicted octanol–water partition coefficient (Wildman–Crippen LogP) is 6.05. The zero-order valence-corrected chi connectivity index (χ0v) is 18.7. The highest BCUT2D eigenvalue weighted by molar-refractivity contribution is 7.53. The first-order chi connectivity index (χ1) is 15.5. The van der Waals surface area contributed by atoms with Crippen LogP contribution in [0.15, 0.2) is 64.3 Å². The normalized spacial score (nSPS) is 12.2. The third kappa shape index (κ3) is 4.83. The predicted molar refractivity (Wildman–Crippen MR) is 124 cm³/mol. The quantitative estimate of drug-likeness (QED) is 0.236. The molecule has 0 unspecified atom stereocenters. The molecule has 2 N–H and O–H groups in total. The fourth-order valence-electron chi connectivity index (χ4n) is 3.36. The number of hydrogen-bond acceptors (Lipinski definition) is 7. The summed E-state index contributed by atoms with van der Waals surface area (Å²) in [4.78, 5) is 11.7. The molecule has 1 aromatic carbocycles. The number of rotatable bonds is 9. The number of aliphatic imine (C=N–C) groups is 1. The highest BCUT2D eigenvalue weighted by Crippen LogP contribution is 2.51. The first kappa shape index (κ1) is 22.0. The van der Waals surface area contributed by atoms with E-state index < -0.39 is 7.60 Å². The topological polar surface area (TPSA) is 110 Å². The second-order valence-electron chi connectivity index (χ2n) is 7.01. The molecule has 0 radical (unpaired) electrons. The maximum absolute atomic E-state index is 12.7. The first-order valence-electron chi connectivity index (χ1n) is 10.3. The van der Waals surface area contributed by atoms with E-state index >= 15 is 0 Å². The van der Waals surface area contributed by atoms with Gasteiger partial charge in [0.25, 0.3) is 0 Å². The van der Waals surface area contributed by atoms with Gasteiger partial charge in [0.2, 0.25) is 0 Å². The van der Waals surface area contributed by atoms with Crippen LogP contribution in [0.4, 0.5) is 5.69 Å². The molecular formula is C23H24N3O5P. The van der Waals surface area contributed by atoms with Crippen molar-refractivity contribution in [2.75, 3.05) is 13.2 Å². The van der Waals surface area contributed by atoms with E-state index in [1.165, 1.54) is 0 Å². The van der Waals surface area contributed by atoms with E-state index in [-0.39, 0.29) is 12.0 Å². The van der Waals surface area contributed by atoms with Crippen LogP contribution in [0.25, 0.3) is 22.4 Å². The molecule has 0 spiro atoms. The van der Waals surface area contributed by atoms with Crippen LogP contribution >= 0.6 is 7.60 Å². The van der Waals surface area contributed by atoms with E-state index in [0.717, 1.165) is 16.5 Å². The number of benzene rings is 1. The fourth-order valence-corrected chi connectivity index (χ4v) is 5.06. The SMILES string of the molecule is CCOP(=O)(Cc1ccc(N=Cc2c(O)[nH]c3ncc(-c4ccco4)cc23)cc1)OCC. The van der Waals surface area contributed by atoms with E-state index in [4.69, 9.17) is 13.5 Å². The Balaban J connectivity index is 1.56. The third-order valence-electron chi connectivity index (χ3n) is 4.78. The highest BCUT2D eigenvalue weighted by Gasteiger charge is 2.23. The Bertz CT molecular complexity index is 1250. The largest absolute Gasteiger partial charge is 0.494 e. The number of fused-ring (bicyclic) bond motifs is 1. The van der Waals surface area contributed by atoms with Gasteiger partial charge >= 0.3 is 7.60 Å². The molecule has 0 aliphatic carbocycles. The van der Waals surface area contributed by atoms with Crippen LogP contribution in [0.2, 0.25) is 0 Å². The van der Waals surface area contributed by atoms with Crippen LogP contribution < -0.4 is 0 Å². The Kier molecular flexibility index (Phi) is 6.55. The molecule has 166 valence electrons. The van der Waals surface area contributed by atoms with Crippen molar-refractivity contribution in [2.45, 2.75) is 20.0 Å². The smallest absolute Gasteiger partial charge is 0.335 e. The number of aromatic hydroxyl groups is 1.